The second-order valence-corrected chi connectivity index (χ2v) is 7.64. The van der Waals surface area contributed by atoms with E-state index in [-0.39, 0.29) is 29.6 Å². The average Bonchev–Trinajstić information content (AvgIpc) is 2.68. The zero-order chi connectivity index (χ0) is 19.9. The van der Waals surface area contributed by atoms with Gasteiger partial charge in [-0.15, -0.1) is 12.4 Å². The molecule has 0 radical (unpaired) electrons. The Morgan fingerprint density at radius 2 is 1.57 bits per heavy atom. The van der Waals surface area contributed by atoms with Crippen LogP contribution in [0.2, 0.25) is 0 Å². The smallest absolute Gasteiger partial charge is 0.251 e. The Balaban J connectivity index is 0.00000392. The number of carbonyl (C=O) groups excluding carboxylic acids is 2. The van der Waals surface area contributed by atoms with E-state index in [1.54, 1.807) is 36.2 Å². The number of likely N-dealkylation sites (N-methyl/N-ethyl adjacent to an activating group) is 1. The molecule has 0 heterocycles. The number of nitrogens with zero attached hydrogens (tertiary/aromatic N) is 1. The minimum atomic E-state index is -0.640. The van der Waals surface area contributed by atoms with E-state index >= 15 is 0 Å². The highest BCUT2D eigenvalue weighted by Crippen LogP contribution is 2.15. The molecule has 3 N–H and O–H groups in total. The van der Waals surface area contributed by atoms with E-state index < -0.39 is 6.04 Å². The number of nitrogens with two attached hydrogens (primary N) is 1. The standard InChI is InChI=1S/C22H29N3O2.ClH/c1-22(2,15-23)16-25(3)21(27)19(14-17-10-6-4-7-11-17)24-20(26)18-12-8-5-9-13-18;/h4-13,19H,14-16,23H2,1-3H3,(H,24,26);1H. The Bertz CT molecular complexity index is 751. The molecule has 152 valence electrons. The molecule has 0 saturated heterocycles. The molecule has 2 aromatic rings. The van der Waals surface area contributed by atoms with Gasteiger partial charge >= 0.3 is 0 Å². The number of benzene rings is 2. The molecule has 2 amide bonds. The molecular formula is C22H30ClN3O2. The van der Waals surface area contributed by atoms with Crippen molar-refractivity contribution in [2.45, 2.75) is 26.3 Å². The number of halogens is 1. The highest BCUT2D eigenvalue weighted by molar-refractivity contribution is 5.97. The summed E-state index contributed by atoms with van der Waals surface area (Å²) in [5.41, 5.74) is 7.15. The van der Waals surface area contributed by atoms with Gasteiger partial charge in [0.25, 0.3) is 5.91 Å². The number of carbonyl (C=O) groups is 2. The van der Waals surface area contributed by atoms with E-state index in [0.717, 1.165) is 5.56 Å². The fourth-order valence-corrected chi connectivity index (χ4v) is 2.93. The summed E-state index contributed by atoms with van der Waals surface area (Å²) in [6.07, 6.45) is 0.436. The fourth-order valence-electron chi connectivity index (χ4n) is 2.93. The van der Waals surface area contributed by atoms with Gasteiger partial charge in [-0.25, -0.2) is 0 Å². The van der Waals surface area contributed by atoms with Gasteiger partial charge in [0.15, 0.2) is 0 Å². The normalized spacial score (nSPS) is 11.9. The Morgan fingerprint density at radius 1 is 1.04 bits per heavy atom. The lowest BCUT2D eigenvalue weighted by Crippen LogP contribution is -2.51. The molecule has 0 bridgehead atoms. The summed E-state index contributed by atoms with van der Waals surface area (Å²) in [5, 5.41) is 2.90. The summed E-state index contributed by atoms with van der Waals surface area (Å²) in [5.74, 6) is -0.374. The fraction of sp³-hybridized carbons (Fsp3) is 0.364. The topological polar surface area (TPSA) is 75.4 Å². The van der Waals surface area contributed by atoms with Crippen LogP contribution in [0.25, 0.3) is 0 Å². The van der Waals surface area contributed by atoms with Gasteiger partial charge in [0.1, 0.15) is 6.04 Å². The van der Waals surface area contributed by atoms with Crippen LogP contribution >= 0.6 is 12.4 Å². The molecule has 0 aliphatic carbocycles. The zero-order valence-corrected chi connectivity index (χ0v) is 17.5. The van der Waals surface area contributed by atoms with Crippen molar-refractivity contribution in [2.75, 3.05) is 20.1 Å². The Kier molecular flexibility index (Phi) is 9.16. The van der Waals surface area contributed by atoms with Gasteiger partial charge in [0.2, 0.25) is 5.91 Å². The molecule has 0 aliphatic rings. The molecule has 1 atom stereocenters. The van der Waals surface area contributed by atoms with Crippen molar-refractivity contribution >= 4 is 24.2 Å². The van der Waals surface area contributed by atoms with Crippen molar-refractivity contribution in [3.63, 3.8) is 0 Å². The molecule has 1 unspecified atom stereocenters. The van der Waals surface area contributed by atoms with Crippen molar-refractivity contribution in [1.82, 2.24) is 10.2 Å². The minimum Gasteiger partial charge on any atom is -0.343 e. The van der Waals surface area contributed by atoms with Crippen LogP contribution in [0.3, 0.4) is 0 Å². The maximum atomic E-state index is 13.1. The third-order valence-electron chi connectivity index (χ3n) is 4.52. The number of nitrogens with one attached hydrogen (secondary N) is 1. The molecule has 0 aromatic heterocycles. The van der Waals surface area contributed by atoms with Crippen LogP contribution in [0.15, 0.2) is 60.7 Å². The maximum Gasteiger partial charge on any atom is 0.251 e. The van der Waals surface area contributed by atoms with Gasteiger partial charge < -0.3 is 16.0 Å². The molecule has 28 heavy (non-hydrogen) atoms. The van der Waals surface area contributed by atoms with Gasteiger partial charge in [0.05, 0.1) is 0 Å². The highest BCUT2D eigenvalue weighted by atomic mass is 35.5. The lowest BCUT2D eigenvalue weighted by atomic mass is 9.93. The molecule has 0 spiro atoms. The molecule has 6 heteroatoms. The Hall–Kier alpha value is -2.37. The van der Waals surface area contributed by atoms with E-state index in [0.29, 0.717) is 25.1 Å². The van der Waals surface area contributed by atoms with Crippen molar-refractivity contribution in [3.05, 3.63) is 71.8 Å². The van der Waals surface area contributed by atoms with E-state index in [1.165, 1.54) is 0 Å². The van der Waals surface area contributed by atoms with Gasteiger partial charge in [0, 0.05) is 25.6 Å². The third kappa shape index (κ3) is 6.98. The summed E-state index contributed by atoms with van der Waals surface area (Å²) in [7, 11) is 1.76. The van der Waals surface area contributed by atoms with Crippen LogP contribution in [0.1, 0.15) is 29.8 Å². The minimum absolute atomic E-state index is 0. The van der Waals surface area contributed by atoms with E-state index in [2.05, 4.69) is 5.32 Å². The van der Waals surface area contributed by atoms with Gasteiger partial charge in [-0.2, -0.15) is 0 Å². The van der Waals surface area contributed by atoms with Crippen molar-refractivity contribution < 1.29 is 9.59 Å². The lowest BCUT2D eigenvalue weighted by Gasteiger charge is -2.31. The quantitative estimate of drug-likeness (QED) is 0.711. The monoisotopic (exact) mass is 403 g/mol. The first-order valence-corrected chi connectivity index (χ1v) is 9.17. The highest BCUT2D eigenvalue weighted by Gasteiger charge is 2.28. The SMILES string of the molecule is CN(CC(C)(C)CN)C(=O)C(Cc1ccccc1)NC(=O)c1ccccc1.Cl. The third-order valence-corrected chi connectivity index (χ3v) is 4.52. The van der Waals surface area contributed by atoms with Crippen LogP contribution < -0.4 is 11.1 Å². The van der Waals surface area contributed by atoms with Crippen molar-refractivity contribution in [1.29, 1.82) is 0 Å². The summed E-state index contributed by atoms with van der Waals surface area (Å²) in [4.78, 5) is 27.3. The summed E-state index contributed by atoms with van der Waals surface area (Å²) < 4.78 is 0. The molecule has 2 aromatic carbocycles. The predicted molar refractivity (Wildman–Crippen MR) is 116 cm³/mol. The summed E-state index contributed by atoms with van der Waals surface area (Å²) in [6, 6.07) is 18.0. The zero-order valence-electron chi connectivity index (χ0n) is 16.7. The Labute approximate surface area is 173 Å². The molecule has 0 fully saturated rings. The van der Waals surface area contributed by atoms with Crippen LogP contribution in [0.5, 0.6) is 0 Å². The Morgan fingerprint density at radius 3 is 2.11 bits per heavy atom. The maximum absolute atomic E-state index is 13.1. The number of rotatable bonds is 8. The molecule has 2 rings (SSSR count). The van der Waals surface area contributed by atoms with E-state index in [1.807, 2.05) is 50.2 Å². The predicted octanol–water partition coefficient (Wildman–Crippen LogP) is 2.89. The van der Waals surface area contributed by atoms with Gasteiger partial charge in [-0.1, -0.05) is 62.4 Å². The van der Waals surface area contributed by atoms with Crippen LogP contribution in [-0.2, 0) is 11.2 Å². The molecule has 0 aliphatic heterocycles. The first-order chi connectivity index (χ1) is 12.8. The summed E-state index contributed by atoms with van der Waals surface area (Å²) in [6.45, 7) is 5.04. The van der Waals surface area contributed by atoms with Crippen molar-refractivity contribution in [3.8, 4) is 0 Å². The molecular weight excluding hydrogens is 374 g/mol. The summed E-state index contributed by atoms with van der Waals surface area (Å²) >= 11 is 0. The largest absolute Gasteiger partial charge is 0.343 e. The van der Waals surface area contributed by atoms with Crippen LogP contribution in [0.4, 0.5) is 0 Å². The van der Waals surface area contributed by atoms with E-state index in [9.17, 15) is 9.59 Å². The van der Waals surface area contributed by atoms with Gasteiger partial charge in [-0.3, -0.25) is 9.59 Å². The average molecular weight is 404 g/mol. The first kappa shape index (κ1) is 23.7. The second-order valence-electron chi connectivity index (χ2n) is 7.64. The number of amides is 2. The van der Waals surface area contributed by atoms with Crippen LogP contribution in [-0.4, -0.2) is 42.9 Å². The second kappa shape index (κ2) is 10.8. The molecule has 5 nitrogen and oxygen atoms in total. The van der Waals surface area contributed by atoms with E-state index in [4.69, 9.17) is 5.73 Å². The van der Waals surface area contributed by atoms with Gasteiger partial charge in [-0.05, 0) is 29.7 Å². The van der Waals surface area contributed by atoms with Crippen molar-refractivity contribution in [2.24, 2.45) is 11.1 Å². The number of hydrogen-bond donors (Lipinski definition) is 2. The lowest BCUT2D eigenvalue weighted by molar-refractivity contribution is -0.133. The molecule has 0 saturated carbocycles. The number of hydrogen-bond acceptors (Lipinski definition) is 3. The first-order valence-electron chi connectivity index (χ1n) is 9.17. The van der Waals surface area contributed by atoms with Crippen LogP contribution in [0, 0.1) is 5.41 Å².